The van der Waals surface area contributed by atoms with E-state index in [0.29, 0.717) is 16.9 Å². The van der Waals surface area contributed by atoms with Gasteiger partial charge in [-0.15, -0.1) is 0 Å². The van der Waals surface area contributed by atoms with E-state index in [1.807, 2.05) is 0 Å². The quantitative estimate of drug-likeness (QED) is 0.834. The minimum Gasteiger partial charge on any atom is -0.383 e. The van der Waals surface area contributed by atoms with E-state index in [4.69, 9.17) is 5.73 Å². The van der Waals surface area contributed by atoms with Crippen LogP contribution in [0.3, 0.4) is 0 Å². The second-order valence-electron chi connectivity index (χ2n) is 3.65. The van der Waals surface area contributed by atoms with E-state index in [2.05, 4.69) is 5.10 Å². The van der Waals surface area contributed by atoms with Crippen LogP contribution < -0.4 is 5.73 Å². The number of halogens is 3. The highest BCUT2D eigenvalue weighted by molar-refractivity contribution is 5.73. The second-order valence-corrected chi connectivity index (χ2v) is 3.65. The molecule has 1 aromatic carbocycles. The van der Waals surface area contributed by atoms with Crippen molar-refractivity contribution in [2.24, 2.45) is 7.05 Å². The topological polar surface area (TPSA) is 43.8 Å². The van der Waals surface area contributed by atoms with Crippen LogP contribution in [0.5, 0.6) is 0 Å². The van der Waals surface area contributed by atoms with E-state index in [-0.39, 0.29) is 0 Å². The van der Waals surface area contributed by atoms with Crippen LogP contribution in [0, 0.1) is 0 Å². The Labute approximate surface area is 95.7 Å². The number of hydrogen-bond donors (Lipinski definition) is 1. The lowest BCUT2D eigenvalue weighted by Crippen LogP contribution is -2.04. The first-order valence-corrected chi connectivity index (χ1v) is 4.84. The molecule has 0 aliphatic carbocycles. The Balaban J connectivity index is 2.51. The number of anilines is 1. The molecule has 90 valence electrons. The fourth-order valence-corrected chi connectivity index (χ4v) is 1.53. The van der Waals surface area contributed by atoms with Crippen LogP contribution in [0.2, 0.25) is 0 Å². The van der Waals surface area contributed by atoms with Gasteiger partial charge in [0.2, 0.25) is 0 Å². The minimum absolute atomic E-state index is 0.337. The molecule has 0 bridgehead atoms. The van der Waals surface area contributed by atoms with E-state index in [1.54, 1.807) is 13.1 Å². The van der Waals surface area contributed by atoms with Gasteiger partial charge in [0.25, 0.3) is 0 Å². The molecular weight excluding hydrogens is 231 g/mol. The molecule has 0 spiro atoms. The summed E-state index contributed by atoms with van der Waals surface area (Å²) in [6, 6.07) is 5.01. The predicted molar refractivity (Wildman–Crippen MR) is 58.1 cm³/mol. The van der Waals surface area contributed by atoms with Crippen molar-refractivity contribution in [1.82, 2.24) is 9.78 Å². The summed E-state index contributed by atoms with van der Waals surface area (Å²) in [4.78, 5) is 0. The SMILES string of the molecule is Cn1ncc(-c2cccc(C(F)(F)F)c2)c1N. The van der Waals surface area contributed by atoms with Crippen LogP contribution in [0.15, 0.2) is 30.5 Å². The van der Waals surface area contributed by atoms with Gasteiger partial charge in [0.1, 0.15) is 5.82 Å². The molecule has 0 aliphatic rings. The average Bonchev–Trinajstić information content (AvgIpc) is 2.59. The smallest absolute Gasteiger partial charge is 0.383 e. The van der Waals surface area contributed by atoms with Crippen LogP contribution in [0.1, 0.15) is 5.56 Å². The Bertz CT molecular complexity index is 543. The number of aromatic nitrogens is 2. The molecule has 1 aromatic heterocycles. The molecule has 0 amide bonds. The van der Waals surface area contributed by atoms with Gasteiger partial charge in [-0.1, -0.05) is 12.1 Å². The monoisotopic (exact) mass is 241 g/mol. The number of hydrogen-bond acceptors (Lipinski definition) is 2. The highest BCUT2D eigenvalue weighted by Gasteiger charge is 2.30. The molecule has 0 radical (unpaired) electrons. The number of benzene rings is 1. The maximum atomic E-state index is 12.5. The summed E-state index contributed by atoms with van der Waals surface area (Å²) in [5.74, 6) is 0.337. The molecule has 0 aliphatic heterocycles. The molecule has 0 saturated heterocycles. The highest BCUT2D eigenvalue weighted by atomic mass is 19.4. The van der Waals surface area contributed by atoms with Crippen molar-refractivity contribution in [3.05, 3.63) is 36.0 Å². The maximum Gasteiger partial charge on any atom is 0.416 e. The number of alkyl halides is 3. The zero-order valence-electron chi connectivity index (χ0n) is 8.99. The molecule has 2 rings (SSSR count). The zero-order chi connectivity index (χ0) is 12.6. The molecule has 0 saturated carbocycles. The van der Waals surface area contributed by atoms with Gasteiger partial charge in [0.15, 0.2) is 0 Å². The van der Waals surface area contributed by atoms with Crippen molar-refractivity contribution >= 4 is 5.82 Å². The number of nitrogens with zero attached hydrogens (tertiary/aromatic N) is 2. The van der Waals surface area contributed by atoms with Gasteiger partial charge in [0, 0.05) is 12.6 Å². The first kappa shape index (κ1) is 11.5. The third-order valence-corrected chi connectivity index (χ3v) is 2.49. The Hall–Kier alpha value is -1.98. The number of aryl methyl sites for hydroxylation is 1. The highest BCUT2D eigenvalue weighted by Crippen LogP contribution is 2.33. The second kappa shape index (κ2) is 3.80. The molecule has 0 fully saturated rings. The van der Waals surface area contributed by atoms with Gasteiger partial charge in [0.05, 0.1) is 11.8 Å². The largest absolute Gasteiger partial charge is 0.416 e. The molecule has 0 unspecified atom stereocenters. The third-order valence-electron chi connectivity index (χ3n) is 2.49. The Morgan fingerprint density at radius 2 is 2.00 bits per heavy atom. The molecule has 1 heterocycles. The molecule has 17 heavy (non-hydrogen) atoms. The summed E-state index contributed by atoms with van der Waals surface area (Å²) in [5, 5.41) is 3.89. The van der Waals surface area contributed by atoms with Crippen molar-refractivity contribution < 1.29 is 13.2 Å². The molecule has 3 nitrogen and oxygen atoms in total. The summed E-state index contributed by atoms with van der Waals surface area (Å²) in [6.07, 6.45) is -2.90. The minimum atomic E-state index is -4.35. The average molecular weight is 241 g/mol. The normalized spacial score (nSPS) is 11.8. The van der Waals surface area contributed by atoms with E-state index in [9.17, 15) is 13.2 Å². The van der Waals surface area contributed by atoms with Crippen molar-refractivity contribution in [2.75, 3.05) is 5.73 Å². The van der Waals surface area contributed by atoms with Crippen molar-refractivity contribution in [1.29, 1.82) is 0 Å². The lowest BCUT2D eigenvalue weighted by Gasteiger charge is -2.08. The van der Waals surface area contributed by atoms with E-state index < -0.39 is 11.7 Å². The Morgan fingerprint density at radius 1 is 1.29 bits per heavy atom. The Morgan fingerprint density at radius 3 is 2.53 bits per heavy atom. The van der Waals surface area contributed by atoms with E-state index in [1.165, 1.54) is 16.9 Å². The standard InChI is InChI=1S/C11H10F3N3/c1-17-10(15)9(6-16-17)7-3-2-4-8(5-7)11(12,13)14/h2-6H,15H2,1H3. The van der Waals surface area contributed by atoms with Crippen molar-refractivity contribution in [3.8, 4) is 11.1 Å². The van der Waals surface area contributed by atoms with Crippen LogP contribution in [0.4, 0.5) is 19.0 Å². The van der Waals surface area contributed by atoms with Gasteiger partial charge in [-0.2, -0.15) is 18.3 Å². The van der Waals surface area contributed by atoms with E-state index >= 15 is 0 Å². The van der Waals surface area contributed by atoms with Gasteiger partial charge in [-0.3, -0.25) is 4.68 Å². The summed E-state index contributed by atoms with van der Waals surface area (Å²) < 4.78 is 39.0. The zero-order valence-corrected chi connectivity index (χ0v) is 8.99. The lowest BCUT2D eigenvalue weighted by atomic mass is 10.1. The summed E-state index contributed by atoms with van der Waals surface area (Å²) in [7, 11) is 1.63. The predicted octanol–water partition coefficient (Wildman–Crippen LogP) is 2.69. The number of rotatable bonds is 1. The van der Waals surface area contributed by atoms with Crippen LogP contribution in [0.25, 0.3) is 11.1 Å². The third kappa shape index (κ3) is 2.11. The van der Waals surface area contributed by atoms with Gasteiger partial charge < -0.3 is 5.73 Å². The molecule has 2 N–H and O–H groups in total. The van der Waals surface area contributed by atoms with Gasteiger partial charge >= 0.3 is 6.18 Å². The van der Waals surface area contributed by atoms with Gasteiger partial charge in [-0.05, 0) is 17.7 Å². The van der Waals surface area contributed by atoms with Crippen LogP contribution in [-0.2, 0) is 13.2 Å². The molecule has 2 aromatic rings. The molecule has 6 heteroatoms. The van der Waals surface area contributed by atoms with Crippen molar-refractivity contribution in [3.63, 3.8) is 0 Å². The van der Waals surface area contributed by atoms with Crippen LogP contribution in [-0.4, -0.2) is 9.78 Å². The summed E-state index contributed by atoms with van der Waals surface area (Å²) in [6.45, 7) is 0. The first-order chi connectivity index (χ1) is 7.89. The summed E-state index contributed by atoms with van der Waals surface area (Å²) >= 11 is 0. The molecule has 0 atom stereocenters. The van der Waals surface area contributed by atoms with Crippen LogP contribution >= 0.6 is 0 Å². The Kier molecular flexibility index (Phi) is 2.57. The van der Waals surface area contributed by atoms with Gasteiger partial charge in [-0.25, -0.2) is 0 Å². The first-order valence-electron chi connectivity index (χ1n) is 4.84. The maximum absolute atomic E-state index is 12.5. The molecular formula is C11H10F3N3. The fraction of sp³-hybridized carbons (Fsp3) is 0.182. The fourth-order valence-electron chi connectivity index (χ4n) is 1.53. The van der Waals surface area contributed by atoms with Crippen molar-refractivity contribution in [2.45, 2.75) is 6.18 Å². The summed E-state index contributed by atoms with van der Waals surface area (Å²) in [5.41, 5.74) is 5.92. The lowest BCUT2D eigenvalue weighted by molar-refractivity contribution is -0.137. The number of nitrogens with two attached hydrogens (primary N) is 1. The number of nitrogen functional groups attached to an aromatic ring is 1. The van der Waals surface area contributed by atoms with E-state index in [0.717, 1.165) is 12.1 Å².